The number of fused-ring (bicyclic) bond motifs is 1. The lowest BCUT2D eigenvalue weighted by Crippen LogP contribution is -2.56. The van der Waals surface area contributed by atoms with Gasteiger partial charge < -0.3 is 25.8 Å². The van der Waals surface area contributed by atoms with Crippen molar-refractivity contribution < 1.29 is 23.4 Å². The largest absolute Gasteiger partial charge is 0.453 e. The molecular weight excluding hydrogens is 544 g/mol. The summed E-state index contributed by atoms with van der Waals surface area (Å²) in [7, 11) is 3.08. The van der Waals surface area contributed by atoms with Gasteiger partial charge in [-0.2, -0.15) is 9.61 Å². The number of carbonyl (C=O) groups excluding carboxylic acids is 1. The molecule has 5 atom stereocenters. The molecule has 1 aliphatic carbocycles. The number of nitrogens with one attached hydrogen (secondary N) is 1. The van der Waals surface area contributed by atoms with Crippen LogP contribution < -0.4 is 11.1 Å². The minimum Gasteiger partial charge on any atom is -0.453 e. The van der Waals surface area contributed by atoms with E-state index in [0.29, 0.717) is 24.3 Å². The molecule has 10 nitrogen and oxygen atoms in total. The Morgan fingerprint density at radius 3 is 2.60 bits per heavy atom. The molecular formula is C30H37F2N7O3. The van der Waals surface area contributed by atoms with Gasteiger partial charge in [-0.1, -0.05) is 6.92 Å². The summed E-state index contributed by atoms with van der Waals surface area (Å²) in [6.07, 6.45) is 7.11. The first-order valence-corrected chi connectivity index (χ1v) is 14.0. The smallest absolute Gasteiger partial charge is 0.409 e. The van der Waals surface area contributed by atoms with Crippen molar-refractivity contribution in [3.63, 3.8) is 0 Å². The number of allylic oxidation sites excluding steroid dienone is 1. The number of methoxy groups -OCH3 is 1. The highest BCUT2D eigenvalue weighted by atomic mass is 19.1. The lowest BCUT2D eigenvalue weighted by atomic mass is 9.69. The summed E-state index contributed by atoms with van der Waals surface area (Å²) in [4.78, 5) is 22.6. The maximum Gasteiger partial charge on any atom is 0.409 e. The Hall–Kier alpha value is -3.90. The van der Waals surface area contributed by atoms with Gasteiger partial charge >= 0.3 is 6.09 Å². The molecule has 0 radical (unpaired) electrons. The number of halogens is 2. The number of aromatic nitrogens is 3. The molecule has 5 unspecified atom stereocenters. The lowest BCUT2D eigenvalue weighted by Gasteiger charge is -2.45. The monoisotopic (exact) mass is 581 g/mol. The zero-order valence-electron chi connectivity index (χ0n) is 24.4. The number of hydrogen-bond acceptors (Lipinski definition) is 8. The minimum absolute atomic E-state index is 0.0696. The first kappa shape index (κ1) is 29.6. The van der Waals surface area contributed by atoms with Crippen LogP contribution in [0.5, 0.6) is 0 Å². The molecule has 1 amide bonds. The number of aliphatic hydroxyl groups is 1. The van der Waals surface area contributed by atoms with Crippen LogP contribution in [0.2, 0.25) is 0 Å². The van der Waals surface area contributed by atoms with Gasteiger partial charge in [0.2, 0.25) is 5.95 Å². The highest BCUT2D eigenvalue weighted by Gasteiger charge is 2.41. The van der Waals surface area contributed by atoms with E-state index in [0.717, 1.165) is 24.3 Å². The van der Waals surface area contributed by atoms with Crippen molar-refractivity contribution in [2.75, 3.05) is 19.5 Å². The van der Waals surface area contributed by atoms with Crippen LogP contribution in [-0.4, -0.2) is 63.2 Å². The second-order valence-electron chi connectivity index (χ2n) is 11.8. The Bertz CT molecular complexity index is 1510. The van der Waals surface area contributed by atoms with Gasteiger partial charge in [-0.05, 0) is 74.8 Å². The highest BCUT2D eigenvalue weighted by Crippen LogP contribution is 2.40. The fraction of sp³-hybridized carbons (Fsp3) is 0.467. The van der Waals surface area contributed by atoms with Gasteiger partial charge in [-0.15, -0.1) is 0 Å². The molecule has 0 spiro atoms. The number of amides is 1. The standard InChI is InChI=1S/C30H37F2N7O3/c1-16-10-17(11-23(33)27(16)38(4)29(40)42-5)20-8-9-34-15-25(20)36-28-35-14-19-6-7-24(37-39(19)28)26-21(31)12-18(13-22(26)32)30(2,3)41/h6-7,9,12-17,20,23,27,41H,8,10-11,33H2,1-5H3,(H,35,36). The van der Waals surface area contributed by atoms with E-state index >= 15 is 8.78 Å². The second-order valence-corrected chi connectivity index (χ2v) is 11.8. The van der Waals surface area contributed by atoms with Crippen molar-refractivity contribution in [1.29, 1.82) is 0 Å². The number of anilines is 1. The maximum atomic E-state index is 15.1. The fourth-order valence-electron chi connectivity index (χ4n) is 6.39. The summed E-state index contributed by atoms with van der Waals surface area (Å²) in [5.41, 5.74) is 6.62. The zero-order valence-corrected chi connectivity index (χ0v) is 24.4. The summed E-state index contributed by atoms with van der Waals surface area (Å²) < 4.78 is 36.6. The van der Waals surface area contributed by atoms with Crippen LogP contribution in [0, 0.1) is 29.4 Å². The molecule has 1 fully saturated rings. The quantitative estimate of drug-likeness (QED) is 0.385. The van der Waals surface area contributed by atoms with E-state index in [1.165, 1.54) is 31.5 Å². The third-order valence-corrected chi connectivity index (χ3v) is 8.47. The van der Waals surface area contributed by atoms with Gasteiger partial charge in [0.05, 0.1) is 41.7 Å². The second kappa shape index (κ2) is 11.4. The van der Waals surface area contributed by atoms with E-state index in [4.69, 9.17) is 10.5 Å². The Morgan fingerprint density at radius 2 is 1.95 bits per heavy atom. The number of nitrogens with two attached hydrogens (primary N) is 1. The molecule has 1 aliphatic heterocycles. The first-order chi connectivity index (χ1) is 19.9. The summed E-state index contributed by atoms with van der Waals surface area (Å²) in [6.45, 7) is 5.03. The number of ether oxygens (including phenoxy) is 1. The average Bonchev–Trinajstić information content (AvgIpc) is 3.33. The van der Waals surface area contributed by atoms with Crippen molar-refractivity contribution in [2.24, 2.45) is 28.5 Å². The van der Waals surface area contributed by atoms with Crippen molar-refractivity contribution in [2.45, 2.75) is 57.7 Å². The Kier molecular flexibility index (Phi) is 8.04. The van der Waals surface area contributed by atoms with E-state index in [2.05, 4.69) is 27.3 Å². The summed E-state index contributed by atoms with van der Waals surface area (Å²) in [5, 5.41) is 18.1. The van der Waals surface area contributed by atoms with Crippen LogP contribution >= 0.6 is 0 Å². The fourth-order valence-corrected chi connectivity index (χ4v) is 6.39. The van der Waals surface area contributed by atoms with Crippen LogP contribution in [0.1, 0.15) is 45.6 Å². The van der Waals surface area contributed by atoms with Gasteiger partial charge in [0, 0.05) is 37.1 Å². The molecule has 4 N–H and O–H groups in total. The average molecular weight is 582 g/mol. The molecule has 12 heteroatoms. The number of carbonyl (C=O) groups is 1. The van der Waals surface area contributed by atoms with E-state index < -0.39 is 23.3 Å². The Morgan fingerprint density at radius 1 is 1.24 bits per heavy atom. The van der Waals surface area contributed by atoms with E-state index in [9.17, 15) is 9.90 Å². The van der Waals surface area contributed by atoms with Crippen molar-refractivity contribution >= 4 is 23.8 Å². The van der Waals surface area contributed by atoms with E-state index in [1.54, 1.807) is 30.4 Å². The van der Waals surface area contributed by atoms with Gasteiger partial charge in [0.1, 0.15) is 11.6 Å². The third-order valence-electron chi connectivity index (χ3n) is 8.47. The molecule has 1 saturated carbocycles. The number of nitrogens with zero attached hydrogens (tertiary/aromatic N) is 5. The summed E-state index contributed by atoms with van der Waals surface area (Å²) in [5.74, 6) is -0.832. The number of aliphatic imine (C=N–C) groups is 1. The summed E-state index contributed by atoms with van der Waals surface area (Å²) >= 11 is 0. The van der Waals surface area contributed by atoms with Crippen LogP contribution in [-0.2, 0) is 10.3 Å². The number of imidazole rings is 1. The number of likely N-dealkylation sites (N-methyl/N-ethyl adjacent to an activating group) is 1. The normalized spacial score (nSPS) is 24.4. The predicted octanol–water partition coefficient (Wildman–Crippen LogP) is 4.69. The molecule has 2 aliphatic rings. The van der Waals surface area contributed by atoms with Crippen molar-refractivity contribution in [3.8, 4) is 11.3 Å². The Balaban J connectivity index is 1.40. The molecule has 1 aromatic carbocycles. The van der Waals surface area contributed by atoms with Gasteiger partial charge in [0.25, 0.3) is 0 Å². The lowest BCUT2D eigenvalue weighted by molar-refractivity contribution is 0.0618. The van der Waals surface area contributed by atoms with Gasteiger partial charge in [-0.3, -0.25) is 4.99 Å². The molecule has 42 heavy (non-hydrogen) atoms. The van der Waals surface area contributed by atoms with Crippen LogP contribution in [0.3, 0.4) is 0 Å². The molecule has 224 valence electrons. The van der Waals surface area contributed by atoms with Crippen LogP contribution in [0.15, 0.2) is 47.4 Å². The molecule has 3 aromatic rings. The summed E-state index contributed by atoms with van der Waals surface area (Å²) in [6, 6.07) is 5.10. The highest BCUT2D eigenvalue weighted by molar-refractivity contribution is 5.68. The van der Waals surface area contributed by atoms with Gasteiger partial charge in [0.15, 0.2) is 0 Å². The molecule has 0 saturated heterocycles. The zero-order chi connectivity index (χ0) is 30.3. The number of hydrogen-bond donors (Lipinski definition) is 3. The SMILES string of the molecule is COC(=O)N(C)C1C(C)CC(C2CC=NC=C2Nc2ncc3ccc(-c4c(F)cc(C(C)(C)O)cc4F)nn23)CC1N. The van der Waals surface area contributed by atoms with Gasteiger partial charge in [-0.25, -0.2) is 18.6 Å². The maximum absolute atomic E-state index is 15.1. The molecule has 5 rings (SSSR count). The van der Waals surface area contributed by atoms with E-state index in [-0.39, 0.29) is 46.7 Å². The van der Waals surface area contributed by atoms with Crippen LogP contribution in [0.25, 0.3) is 16.8 Å². The van der Waals surface area contributed by atoms with Crippen LogP contribution in [0.4, 0.5) is 19.5 Å². The van der Waals surface area contributed by atoms with Crippen molar-refractivity contribution in [1.82, 2.24) is 19.5 Å². The predicted molar refractivity (Wildman–Crippen MR) is 156 cm³/mol. The Labute approximate surface area is 243 Å². The first-order valence-electron chi connectivity index (χ1n) is 14.0. The molecule has 0 bridgehead atoms. The number of benzene rings is 1. The molecule has 3 heterocycles. The minimum atomic E-state index is -1.40. The van der Waals surface area contributed by atoms with Crippen molar-refractivity contribution in [3.05, 3.63) is 59.6 Å². The third kappa shape index (κ3) is 5.60. The number of rotatable bonds is 6. The molecule has 2 aromatic heterocycles. The topological polar surface area (TPSA) is 130 Å². The van der Waals surface area contributed by atoms with E-state index in [1.807, 2.05) is 6.21 Å².